The Morgan fingerprint density at radius 2 is 2.30 bits per heavy atom. The number of amides is 1. The lowest BCUT2D eigenvalue weighted by molar-refractivity contribution is 0.0670. The standard InChI is InChI=1S/C17H24N2O/c1-2-13-6-5-11-19(12-13)17(20)15-7-3-9-16-14(15)8-4-10-18-16/h3,7,9,13,18H,2,4-6,8,10-12H2,1H3. The minimum Gasteiger partial charge on any atom is -0.385 e. The van der Waals surface area contributed by atoms with Gasteiger partial charge in [0.25, 0.3) is 5.91 Å². The monoisotopic (exact) mass is 272 g/mol. The van der Waals surface area contributed by atoms with Crippen LogP contribution >= 0.6 is 0 Å². The third-order valence-electron chi connectivity index (χ3n) is 4.71. The van der Waals surface area contributed by atoms with E-state index in [9.17, 15) is 4.79 Å². The van der Waals surface area contributed by atoms with Crippen LogP contribution in [0.2, 0.25) is 0 Å². The van der Waals surface area contributed by atoms with Gasteiger partial charge in [-0.15, -0.1) is 0 Å². The predicted molar refractivity (Wildman–Crippen MR) is 82.2 cm³/mol. The van der Waals surface area contributed by atoms with Crippen molar-refractivity contribution in [1.82, 2.24) is 4.90 Å². The largest absolute Gasteiger partial charge is 0.385 e. The summed E-state index contributed by atoms with van der Waals surface area (Å²) in [6.07, 6.45) is 5.74. The van der Waals surface area contributed by atoms with E-state index in [2.05, 4.69) is 23.2 Å². The van der Waals surface area contributed by atoms with Crippen molar-refractivity contribution >= 4 is 11.6 Å². The van der Waals surface area contributed by atoms with Crippen LogP contribution in [-0.2, 0) is 6.42 Å². The second kappa shape index (κ2) is 5.86. The van der Waals surface area contributed by atoms with E-state index in [0.717, 1.165) is 50.1 Å². The highest BCUT2D eigenvalue weighted by Crippen LogP contribution is 2.28. The molecule has 0 spiro atoms. The second-order valence-corrected chi connectivity index (χ2v) is 6.03. The first-order valence-electron chi connectivity index (χ1n) is 7.94. The number of anilines is 1. The number of rotatable bonds is 2. The van der Waals surface area contributed by atoms with Crippen LogP contribution in [-0.4, -0.2) is 30.4 Å². The number of nitrogens with one attached hydrogen (secondary N) is 1. The van der Waals surface area contributed by atoms with Gasteiger partial charge in [0.05, 0.1) is 0 Å². The molecule has 0 aliphatic carbocycles. The molecule has 3 nitrogen and oxygen atoms in total. The smallest absolute Gasteiger partial charge is 0.254 e. The molecule has 1 fully saturated rings. The summed E-state index contributed by atoms with van der Waals surface area (Å²) < 4.78 is 0. The van der Waals surface area contributed by atoms with Crippen molar-refractivity contribution in [3.63, 3.8) is 0 Å². The summed E-state index contributed by atoms with van der Waals surface area (Å²) in [4.78, 5) is 14.9. The Kier molecular flexibility index (Phi) is 3.95. The number of hydrogen-bond acceptors (Lipinski definition) is 2. The average Bonchev–Trinajstić information content (AvgIpc) is 2.53. The van der Waals surface area contributed by atoms with Crippen LogP contribution in [0.25, 0.3) is 0 Å². The molecule has 1 amide bonds. The fourth-order valence-electron chi connectivity index (χ4n) is 3.46. The zero-order valence-corrected chi connectivity index (χ0v) is 12.3. The molecule has 1 N–H and O–H groups in total. The van der Waals surface area contributed by atoms with Crippen LogP contribution in [0.5, 0.6) is 0 Å². The first kappa shape index (κ1) is 13.5. The SMILES string of the molecule is CCC1CCCN(C(=O)c2cccc3c2CCCN3)C1. The maximum atomic E-state index is 12.8. The van der Waals surface area contributed by atoms with Gasteiger partial charge < -0.3 is 10.2 Å². The summed E-state index contributed by atoms with van der Waals surface area (Å²) in [7, 11) is 0. The van der Waals surface area contributed by atoms with Crippen molar-refractivity contribution < 1.29 is 4.79 Å². The Morgan fingerprint density at radius 1 is 1.40 bits per heavy atom. The fourth-order valence-corrected chi connectivity index (χ4v) is 3.46. The van der Waals surface area contributed by atoms with E-state index in [0.29, 0.717) is 5.92 Å². The van der Waals surface area contributed by atoms with Crippen LogP contribution in [0.15, 0.2) is 18.2 Å². The van der Waals surface area contributed by atoms with Gasteiger partial charge in [-0.05, 0) is 49.3 Å². The van der Waals surface area contributed by atoms with E-state index in [1.165, 1.54) is 18.4 Å². The first-order valence-corrected chi connectivity index (χ1v) is 7.94. The van der Waals surface area contributed by atoms with Gasteiger partial charge >= 0.3 is 0 Å². The number of fused-ring (bicyclic) bond motifs is 1. The van der Waals surface area contributed by atoms with Gasteiger partial charge in [-0.3, -0.25) is 4.79 Å². The van der Waals surface area contributed by atoms with E-state index in [4.69, 9.17) is 0 Å². The Balaban J connectivity index is 1.83. The van der Waals surface area contributed by atoms with Gasteiger partial charge in [0.1, 0.15) is 0 Å². The highest BCUT2D eigenvalue weighted by Gasteiger charge is 2.26. The summed E-state index contributed by atoms with van der Waals surface area (Å²) >= 11 is 0. The number of nitrogens with zero attached hydrogens (tertiary/aromatic N) is 1. The van der Waals surface area contributed by atoms with Crippen LogP contribution in [0.1, 0.15) is 48.5 Å². The van der Waals surface area contributed by atoms with E-state index < -0.39 is 0 Å². The number of carbonyl (C=O) groups excluding carboxylic acids is 1. The number of carbonyl (C=O) groups is 1. The molecule has 1 unspecified atom stereocenters. The average molecular weight is 272 g/mol. The van der Waals surface area contributed by atoms with Crippen LogP contribution in [0, 0.1) is 5.92 Å². The molecule has 1 aromatic rings. The third kappa shape index (κ3) is 2.54. The molecule has 0 radical (unpaired) electrons. The van der Waals surface area contributed by atoms with Crippen molar-refractivity contribution in [2.45, 2.75) is 39.0 Å². The van der Waals surface area contributed by atoms with Crippen molar-refractivity contribution in [3.8, 4) is 0 Å². The van der Waals surface area contributed by atoms with Crippen molar-refractivity contribution in [1.29, 1.82) is 0 Å². The predicted octanol–water partition coefficient (Wildman–Crippen LogP) is 3.31. The minimum absolute atomic E-state index is 0.240. The maximum Gasteiger partial charge on any atom is 0.254 e. The number of benzene rings is 1. The van der Waals surface area contributed by atoms with E-state index >= 15 is 0 Å². The number of likely N-dealkylation sites (tertiary alicyclic amines) is 1. The molecule has 1 aromatic carbocycles. The van der Waals surface area contributed by atoms with Crippen LogP contribution in [0.4, 0.5) is 5.69 Å². The molecule has 0 saturated carbocycles. The summed E-state index contributed by atoms with van der Waals surface area (Å²) in [5, 5.41) is 3.41. The Labute approximate surface area is 121 Å². The zero-order chi connectivity index (χ0) is 13.9. The van der Waals surface area contributed by atoms with Crippen molar-refractivity contribution in [2.75, 3.05) is 25.0 Å². The number of piperidine rings is 1. The molecule has 2 heterocycles. The third-order valence-corrected chi connectivity index (χ3v) is 4.71. The van der Waals surface area contributed by atoms with Gasteiger partial charge in [0.2, 0.25) is 0 Å². The summed E-state index contributed by atoms with van der Waals surface area (Å²) in [6.45, 7) is 5.11. The molecule has 2 aliphatic heterocycles. The topological polar surface area (TPSA) is 32.3 Å². The van der Waals surface area contributed by atoms with Crippen molar-refractivity contribution in [2.24, 2.45) is 5.92 Å². The van der Waals surface area contributed by atoms with Gasteiger partial charge in [-0.2, -0.15) is 0 Å². The van der Waals surface area contributed by atoms with E-state index in [1.54, 1.807) is 0 Å². The van der Waals surface area contributed by atoms with Gasteiger partial charge in [-0.25, -0.2) is 0 Å². The molecule has 3 heteroatoms. The Bertz CT molecular complexity index is 498. The van der Waals surface area contributed by atoms with Gasteiger partial charge in [-0.1, -0.05) is 19.4 Å². The molecule has 108 valence electrons. The van der Waals surface area contributed by atoms with Crippen LogP contribution in [0.3, 0.4) is 0 Å². The second-order valence-electron chi connectivity index (χ2n) is 6.03. The highest BCUT2D eigenvalue weighted by molar-refractivity contribution is 5.97. The van der Waals surface area contributed by atoms with Gasteiger partial charge in [0.15, 0.2) is 0 Å². The molecule has 1 atom stereocenters. The van der Waals surface area contributed by atoms with Gasteiger partial charge in [0, 0.05) is 30.9 Å². The maximum absolute atomic E-state index is 12.8. The fraction of sp³-hybridized carbons (Fsp3) is 0.588. The lowest BCUT2D eigenvalue weighted by Gasteiger charge is -2.33. The van der Waals surface area contributed by atoms with Crippen LogP contribution < -0.4 is 5.32 Å². The quantitative estimate of drug-likeness (QED) is 0.896. The Morgan fingerprint density at radius 3 is 3.15 bits per heavy atom. The summed E-state index contributed by atoms with van der Waals surface area (Å²) in [5.41, 5.74) is 3.31. The first-order chi connectivity index (χ1) is 9.79. The molecule has 0 bridgehead atoms. The molecule has 3 rings (SSSR count). The normalized spacial score (nSPS) is 22.1. The van der Waals surface area contributed by atoms with E-state index in [1.807, 2.05) is 12.1 Å². The molecular formula is C17H24N2O. The zero-order valence-electron chi connectivity index (χ0n) is 12.3. The molecule has 1 saturated heterocycles. The summed E-state index contributed by atoms with van der Waals surface area (Å²) in [5.74, 6) is 0.925. The minimum atomic E-state index is 0.240. The lowest BCUT2D eigenvalue weighted by Crippen LogP contribution is -2.40. The lowest BCUT2D eigenvalue weighted by atomic mass is 9.93. The van der Waals surface area contributed by atoms with Crippen molar-refractivity contribution in [3.05, 3.63) is 29.3 Å². The highest BCUT2D eigenvalue weighted by atomic mass is 16.2. The molecular weight excluding hydrogens is 248 g/mol. The van der Waals surface area contributed by atoms with E-state index in [-0.39, 0.29) is 5.91 Å². The molecule has 2 aliphatic rings. The summed E-state index contributed by atoms with van der Waals surface area (Å²) in [6, 6.07) is 6.10. The molecule has 0 aromatic heterocycles. The molecule has 20 heavy (non-hydrogen) atoms. The number of hydrogen-bond donors (Lipinski definition) is 1. The Hall–Kier alpha value is -1.51.